The highest BCUT2D eigenvalue weighted by Gasteiger charge is 2.45. The number of hydrogen-bond donors (Lipinski definition) is 3. The zero-order valence-electron chi connectivity index (χ0n) is 18.9. The van der Waals surface area contributed by atoms with E-state index < -0.39 is 0 Å². The number of anilines is 1. The second-order valence-corrected chi connectivity index (χ2v) is 8.50. The van der Waals surface area contributed by atoms with Crippen LogP contribution in [-0.4, -0.2) is 37.7 Å². The summed E-state index contributed by atoms with van der Waals surface area (Å²) in [6, 6.07) is 14.7. The van der Waals surface area contributed by atoms with Gasteiger partial charge in [0.05, 0.1) is 6.54 Å². The summed E-state index contributed by atoms with van der Waals surface area (Å²) in [5, 5.41) is 9.59. The molecule has 4 rings (SSSR count). The van der Waals surface area contributed by atoms with E-state index in [1.165, 1.54) is 6.07 Å². The minimum Gasteiger partial charge on any atom is -0.368 e. The summed E-state index contributed by atoms with van der Waals surface area (Å²) < 4.78 is 19.7. The van der Waals surface area contributed by atoms with Gasteiger partial charge >= 0.3 is 0 Å². The predicted molar refractivity (Wildman–Crippen MR) is 140 cm³/mol. The number of ether oxygens (including phenoxy) is 1. The van der Waals surface area contributed by atoms with Crippen molar-refractivity contribution in [3.63, 3.8) is 0 Å². The largest absolute Gasteiger partial charge is 0.368 e. The smallest absolute Gasteiger partial charge is 0.253 e. The van der Waals surface area contributed by atoms with Crippen molar-refractivity contribution in [3.05, 3.63) is 65.5 Å². The molecular formula is C25H32FIN4O2. The normalized spacial score (nSPS) is 18.8. The van der Waals surface area contributed by atoms with Crippen LogP contribution < -0.4 is 16.0 Å². The summed E-state index contributed by atoms with van der Waals surface area (Å²) in [6.07, 6.45) is 3.26. The Morgan fingerprint density at radius 1 is 1.18 bits per heavy atom. The van der Waals surface area contributed by atoms with Crippen LogP contribution in [0.3, 0.4) is 0 Å². The van der Waals surface area contributed by atoms with Crippen LogP contribution in [0.25, 0.3) is 0 Å². The Balaban J connectivity index is 0.00000306. The lowest BCUT2D eigenvalue weighted by atomic mass is 9.95. The van der Waals surface area contributed by atoms with Crippen molar-refractivity contribution in [1.82, 2.24) is 10.6 Å². The van der Waals surface area contributed by atoms with Gasteiger partial charge in [0.25, 0.3) is 5.91 Å². The Bertz CT molecular complexity index is 974. The van der Waals surface area contributed by atoms with E-state index in [0.717, 1.165) is 49.0 Å². The van der Waals surface area contributed by atoms with Gasteiger partial charge in [-0.05, 0) is 61.9 Å². The molecule has 178 valence electrons. The van der Waals surface area contributed by atoms with Gasteiger partial charge in [-0.1, -0.05) is 30.3 Å². The monoisotopic (exact) mass is 566 g/mol. The minimum absolute atomic E-state index is 0. The molecule has 0 bridgehead atoms. The van der Waals surface area contributed by atoms with Crippen LogP contribution >= 0.6 is 24.0 Å². The van der Waals surface area contributed by atoms with Gasteiger partial charge in [0.1, 0.15) is 11.9 Å². The van der Waals surface area contributed by atoms with Gasteiger partial charge in [-0.25, -0.2) is 9.38 Å². The molecule has 0 aromatic heterocycles. The Labute approximate surface area is 211 Å². The predicted octanol–water partition coefficient (Wildman–Crippen LogP) is 4.35. The summed E-state index contributed by atoms with van der Waals surface area (Å²) in [5.74, 6) is 0.459. The number of halogens is 2. The number of hydrogen-bond acceptors (Lipinski definition) is 3. The average Bonchev–Trinajstić information content (AvgIpc) is 3.37. The maximum atomic E-state index is 14.3. The number of aliphatic imine (C=N–C) groups is 1. The van der Waals surface area contributed by atoms with Gasteiger partial charge < -0.3 is 20.7 Å². The van der Waals surface area contributed by atoms with Crippen LogP contribution in [0.4, 0.5) is 10.1 Å². The van der Waals surface area contributed by atoms with Crippen molar-refractivity contribution in [2.45, 2.75) is 50.7 Å². The zero-order chi connectivity index (χ0) is 22.4. The number of amides is 1. The number of rotatable bonds is 8. The van der Waals surface area contributed by atoms with E-state index in [1.807, 2.05) is 43.3 Å². The third-order valence-corrected chi connectivity index (χ3v) is 6.07. The number of nitrogens with one attached hydrogen (secondary N) is 3. The van der Waals surface area contributed by atoms with Crippen LogP contribution in [0.1, 0.15) is 43.7 Å². The molecule has 1 unspecified atom stereocenters. The maximum absolute atomic E-state index is 14.3. The molecule has 6 nitrogen and oxygen atoms in total. The highest BCUT2D eigenvalue weighted by molar-refractivity contribution is 14.0. The molecule has 33 heavy (non-hydrogen) atoms. The van der Waals surface area contributed by atoms with Gasteiger partial charge in [-0.2, -0.15) is 0 Å². The highest BCUT2D eigenvalue weighted by atomic mass is 127. The molecule has 2 aromatic rings. The van der Waals surface area contributed by atoms with Crippen LogP contribution in [0, 0.1) is 5.82 Å². The lowest BCUT2D eigenvalue weighted by molar-refractivity contribution is -0.124. The fourth-order valence-corrected chi connectivity index (χ4v) is 4.10. The van der Waals surface area contributed by atoms with E-state index >= 15 is 0 Å². The molecule has 1 aliphatic carbocycles. The molecule has 1 saturated heterocycles. The molecule has 1 heterocycles. The fraction of sp³-hybridized carbons (Fsp3) is 0.440. The van der Waals surface area contributed by atoms with E-state index in [9.17, 15) is 9.18 Å². The first-order chi connectivity index (χ1) is 15.6. The lowest BCUT2D eigenvalue weighted by Gasteiger charge is -2.19. The Kier molecular flexibility index (Phi) is 9.08. The Morgan fingerprint density at radius 2 is 2.00 bits per heavy atom. The molecule has 2 aromatic carbocycles. The number of nitrogens with zero attached hydrogens (tertiary/aromatic N) is 1. The van der Waals surface area contributed by atoms with Crippen LogP contribution in [0.5, 0.6) is 0 Å². The van der Waals surface area contributed by atoms with Crippen molar-refractivity contribution >= 4 is 41.5 Å². The van der Waals surface area contributed by atoms with Gasteiger partial charge in [-0.3, -0.25) is 4.79 Å². The second kappa shape index (κ2) is 11.8. The Hall–Kier alpha value is -2.20. The number of guanidine groups is 1. The highest BCUT2D eigenvalue weighted by Crippen LogP contribution is 2.48. The zero-order valence-corrected chi connectivity index (χ0v) is 21.2. The van der Waals surface area contributed by atoms with Crippen molar-refractivity contribution in [2.75, 3.05) is 25.0 Å². The van der Waals surface area contributed by atoms with Gasteiger partial charge in [0.2, 0.25) is 0 Å². The summed E-state index contributed by atoms with van der Waals surface area (Å²) >= 11 is 0. The lowest BCUT2D eigenvalue weighted by Crippen LogP contribution is -2.41. The number of benzene rings is 2. The molecule has 2 aliphatic rings. The van der Waals surface area contributed by atoms with E-state index in [2.05, 4.69) is 16.0 Å². The number of carbonyl (C=O) groups is 1. The standard InChI is InChI=1S/C25H31FN4O2.HI/c1-2-27-24(29-17-25(12-13-25)20-9-3-4-10-21(20)26)28-16-18-7-5-8-19(15-18)30-23(31)22-11-6-14-32-22;/h3-5,7-10,15,22H,2,6,11-14,16-17H2,1H3,(H,30,31)(H2,27,28,29);1H. The SMILES string of the molecule is CCNC(=NCc1cccc(NC(=O)C2CCCO2)c1)NCC1(c2ccccc2F)CC1.I. The maximum Gasteiger partial charge on any atom is 0.253 e. The molecule has 1 atom stereocenters. The third kappa shape index (κ3) is 6.66. The van der Waals surface area contributed by atoms with Crippen molar-refractivity contribution in [2.24, 2.45) is 4.99 Å². The molecule has 0 spiro atoms. The Morgan fingerprint density at radius 3 is 2.70 bits per heavy atom. The first-order valence-corrected chi connectivity index (χ1v) is 11.4. The number of carbonyl (C=O) groups excluding carboxylic acids is 1. The molecule has 1 amide bonds. The summed E-state index contributed by atoms with van der Waals surface area (Å²) in [4.78, 5) is 17.0. The molecule has 1 aliphatic heterocycles. The van der Waals surface area contributed by atoms with E-state index in [1.54, 1.807) is 6.07 Å². The minimum atomic E-state index is -0.356. The average molecular weight is 566 g/mol. The first kappa shape index (κ1) is 25.4. The van der Waals surface area contributed by atoms with Gasteiger partial charge in [0.15, 0.2) is 5.96 Å². The van der Waals surface area contributed by atoms with Crippen LogP contribution in [-0.2, 0) is 21.5 Å². The third-order valence-electron chi connectivity index (χ3n) is 6.07. The van der Waals surface area contributed by atoms with Crippen molar-refractivity contribution < 1.29 is 13.9 Å². The topological polar surface area (TPSA) is 74.8 Å². The van der Waals surface area contributed by atoms with E-state index in [0.29, 0.717) is 25.7 Å². The van der Waals surface area contributed by atoms with Crippen LogP contribution in [0.2, 0.25) is 0 Å². The van der Waals surface area contributed by atoms with E-state index in [-0.39, 0.29) is 47.2 Å². The van der Waals surface area contributed by atoms with Crippen molar-refractivity contribution in [1.29, 1.82) is 0 Å². The molecule has 3 N–H and O–H groups in total. The molecule has 1 saturated carbocycles. The summed E-state index contributed by atoms with van der Waals surface area (Å²) in [6.45, 7) is 4.49. The fourth-order valence-electron chi connectivity index (χ4n) is 4.10. The summed E-state index contributed by atoms with van der Waals surface area (Å²) in [7, 11) is 0. The molecule has 0 radical (unpaired) electrons. The molecular weight excluding hydrogens is 534 g/mol. The van der Waals surface area contributed by atoms with Gasteiger partial charge in [-0.15, -0.1) is 24.0 Å². The van der Waals surface area contributed by atoms with Crippen molar-refractivity contribution in [3.8, 4) is 0 Å². The van der Waals surface area contributed by atoms with Crippen LogP contribution in [0.15, 0.2) is 53.5 Å². The summed E-state index contributed by atoms with van der Waals surface area (Å²) in [5.41, 5.74) is 2.35. The first-order valence-electron chi connectivity index (χ1n) is 11.4. The van der Waals surface area contributed by atoms with Gasteiger partial charge in [0, 0.05) is 30.8 Å². The molecule has 8 heteroatoms. The molecule has 2 fully saturated rings. The quantitative estimate of drug-likeness (QED) is 0.253. The second-order valence-electron chi connectivity index (χ2n) is 8.50. The van der Waals surface area contributed by atoms with E-state index in [4.69, 9.17) is 9.73 Å².